The Balaban J connectivity index is 1.99. The Morgan fingerprint density at radius 2 is 1.96 bits per heavy atom. The van der Waals surface area contributed by atoms with Gasteiger partial charge in [0.05, 0.1) is 16.6 Å². The van der Waals surface area contributed by atoms with Crippen LogP contribution in [0.5, 0.6) is 11.5 Å². The number of hydrogen-bond acceptors (Lipinski definition) is 6. The SMILES string of the molecule is CCOc1cc(C=C2N=C(c3ccccc3Br)OC2=O)cc(Br)c1OC(C)=O. The van der Waals surface area contributed by atoms with Crippen molar-refractivity contribution in [1.29, 1.82) is 0 Å². The molecule has 0 fully saturated rings. The molecule has 0 saturated heterocycles. The van der Waals surface area contributed by atoms with E-state index in [1.54, 1.807) is 24.3 Å². The standard InChI is InChI=1S/C20H15Br2NO5/c1-3-26-17-10-12(8-15(22)18(17)27-11(2)24)9-16-20(25)28-19(23-16)13-6-4-5-7-14(13)21/h4-10H,3H2,1-2H3. The van der Waals surface area contributed by atoms with Gasteiger partial charge in [0.25, 0.3) is 0 Å². The first kappa shape index (κ1) is 20.3. The average Bonchev–Trinajstić information content (AvgIpc) is 2.99. The van der Waals surface area contributed by atoms with Crippen molar-refractivity contribution in [3.05, 3.63) is 62.2 Å². The van der Waals surface area contributed by atoms with Gasteiger partial charge in [-0.25, -0.2) is 9.79 Å². The summed E-state index contributed by atoms with van der Waals surface area (Å²) in [5.41, 5.74) is 1.47. The molecule has 144 valence electrons. The van der Waals surface area contributed by atoms with Crippen LogP contribution in [-0.4, -0.2) is 24.4 Å². The fraction of sp³-hybridized carbons (Fsp3) is 0.150. The molecule has 0 N–H and O–H groups in total. The number of halogens is 2. The lowest BCUT2D eigenvalue weighted by atomic mass is 10.1. The minimum atomic E-state index is -0.552. The third-order valence-corrected chi connectivity index (χ3v) is 4.89. The van der Waals surface area contributed by atoms with Gasteiger partial charge in [0, 0.05) is 11.4 Å². The van der Waals surface area contributed by atoms with Gasteiger partial charge in [-0.3, -0.25) is 4.79 Å². The molecule has 8 heteroatoms. The zero-order valence-electron chi connectivity index (χ0n) is 15.0. The molecule has 0 spiro atoms. The molecule has 0 amide bonds. The van der Waals surface area contributed by atoms with Crippen LogP contribution in [0.1, 0.15) is 25.0 Å². The van der Waals surface area contributed by atoms with E-state index in [-0.39, 0.29) is 17.3 Å². The molecule has 6 nitrogen and oxygen atoms in total. The first-order valence-corrected chi connectivity index (χ1v) is 9.90. The van der Waals surface area contributed by atoms with E-state index in [0.29, 0.717) is 28.0 Å². The predicted octanol–water partition coefficient (Wildman–Crippen LogP) is 4.88. The Bertz CT molecular complexity index is 1010. The number of rotatable bonds is 5. The molecule has 1 aliphatic heterocycles. The minimum absolute atomic E-state index is 0.153. The highest BCUT2D eigenvalue weighted by Crippen LogP contribution is 2.38. The van der Waals surface area contributed by atoms with Gasteiger partial charge in [0.1, 0.15) is 0 Å². The van der Waals surface area contributed by atoms with Crippen LogP contribution >= 0.6 is 31.9 Å². The molecular formula is C20H15Br2NO5. The van der Waals surface area contributed by atoms with E-state index < -0.39 is 11.9 Å². The first-order chi connectivity index (χ1) is 13.4. The minimum Gasteiger partial charge on any atom is -0.490 e. The quantitative estimate of drug-likeness (QED) is 0.327. The second kappa shape index (κ2) is 8.70. The fourth-order valence-electron chi connectivity index (χ4n) is 2.49. The van der Waals surface area contributed by atoms with Crippen LogP contribution in [0, 0.1) is 0 Å². The summed E-state index contributed by atoms with van der Waals surface area (Å²) in [6, 6.07) is 10.7. The van der Waals surface area contributed by atoms with Gasteiger partial charge in [-0.2, -0.15) is 0 Å². The van der Waals surface area contributed by atoms with Gasteiger partial charge >= 0.3 is 11.9 Å². The van der Waals surface area contributed by atoms with Gasteiger partial charge in [0.15, 0.2) is 17.2 Å². The van der Waals surface area contributed by atoms with Crippen molar-refractivity contribution >= 4 is 55.8 Å². The lowest BCUT2D eigenvalue weighted by Crippen LogP contribution is -2.06. The number of carbonyl (C=O) groups excluding carboxylic acids is 2. The summed E-state index contributed by atoms with van der Waals surface area (Å²) in [6.45, 7) is 3.51. The molecule has 0 saturated carbocycles. The predicted molar refractivity (Wildman–Crippen MR) is 111 cm³/mol. The molecule has 0 radical (unpaired) electrons. The summed E-state index contributed by atoms with van der Waals surface area (Å²) in [7, 11) is 0. The van der Waals surface area contributed by atoms with Gasteiger partial charge in [-0.05, 0) is 74.7 Å². The fourth-order valence-corrected chi connectivity index (χ4v) is 3.49. The summed E-state index contributed by atoms with van der Waals surface area (Å²) >= 11 is 6.80. The highest BCUT2D eigenvalue weighted by Gasteiger charge is 2.25. The molecule has 0 unspecified atom stereocenters. The number of nitrogens with zero attached hydrogens (tertiary/aromatic N) is 1. The summed E-state index contributed by atoms with van der Waals surface area (Å²) in [4.78, 5) is 27.9. The van der Waals surface area contributed by atoms with E-state index in [0.717, 1.165) is 4.47 Å². The number of ether oxygens (including phenoxy) is 3. The van der Waals surface area contributed by atoms with E-state index in [2.05, 4.69) is 36.9 Å². The Morgan fingerprint density at radius 1 is 1.21 bits per heavy atom. The Morgan fingerprint density at radius 3 is 2.64 bits per heavy atom. The largest absolute Gasteiger partial charge is 0.490 e. The Labute approximate surface area is 178 Å². The summed E-state index contributed by atoms with van der Waals surface area (Å²) in [5.74, 6) is -0.133. The molecule has 2 aromatic rings. The summed E-state index contributed by atoms with van der Waals surface area (Å²) < 4.78 is 17.4. The van der Waals surface area contributed by atoms with Gasteiger partial charge in [-0.15, -0.1) is 0 Å². The summed E-state index contributed by atoms with van der Waals surface area (Å²) in [5, 5.41) is 0. The number of benzene rings is 2. The topological polar surface area (TPSA) is 74.2 Å². The monoisotopic (exact) mass is 507 g/mol. The van der Waals surface area contributed by atoms with Crippen LogP contribution in [0.2, 0.25) is 0 Å². The van der Waals surface area contributed by atoms with Crippen LogP contribution in [0.4, 0.5) is 0 Å². The van der Waals surface area contributed by atoms with Crippen LogP contribution in [-0.2, 0) is 14.3 Å². The third kappa shape index (κ3) is 4.51. The number of hydrogen-bond donors (Lipinski definition) is 0. The van der Waals surface area contributed by atoms with Crippen LogP contribution in [0.15, 0.2) is 56.0 Å². The van der Waals surface area contributed by atoms with Crippen molar-refractivity contribution < 1.29 is 23.8 Å². The van der Waals surface area contributed by atoms with Crippen molar-refractivity contribution in [3.63, 3.8) is 0 Å². The summed E-state index contributed by atoms with van der Waals surface area (Å²) in [6.07, 6.45) is 1.58. The number of aliphatic imine (C=N–C) groups is 1. The van der Waals surface area contributed by atoms with E-state index in [9.17, 15) is 9.59 Å². The molecule has 0 atom stereocenters. The molecule has 0 bridgehead atoms. The van der Waals surface area contributed by atoms with E-state index >= 15 is 0 Å². The normalized spacial score (nSPS) is 14.6. The second-order valence-corrected chi connectivity index (χ2v) is 7.38. The van der Waals surface area contributed by atoms with Crippen molar-refractivity contribution in [2.45, 2.75) is 13.8 Å². The maximum Gasteiger partial charge on any atom is 0.363 e. The lowest BCUT2D eigenvalue weighted by Gasteiger charge is -2.12. The lowest BCUT2D eigenvalue weighted by molar-refractivity contribution is -0.132. The highest BCUT2D eigenvalue weighted by atomic mass is 79.9. The molecule has 2 aromatic carbocycles. The molecule has 1 heterocycles. The van der Waals surface area contributed by atoms with Crippen LogP contribution in [0.25, 0.3) is 6.08 Å². The Kier molecular flexibility index (Phi) is 6.31. The molecule has 0 aromatic heterocycles. The smallest absolute Gasteiger partial charge is 0.363 e. The zero-order valence-corrected chi connectivity index (χ0v) is 18.2. The van der Waals surface area contributed by atoms with Gasteiger partial charge < -0.3 is 14.2 Å². The molecule has 0 aliphatic carbocycles. The number of cyclic esters (lactones) is 1. The average molecular weight is 509 g/mol. The molecule has 3 rings (SSSR count). The van der Waals surface area contributed by atoms with Gasteiger partial charge in [0.2, 0.25) is 5.90 Å². The van der Waals surface area contributed by atoms with Crippen molar-refractivity contribution in [2.24, 2.45) is 4.99 Å². The second-order valence-electron chi connectivity index (χ2n) is 5.67. The zero-order chi connectivity index (χ0) is 20.3. The van der Waals surface area contributed by atoms with Crippen molar-refractivity contribution in [2.75, 3.05) is 6.61 Å². The van der Waals surface area contributed by atoms with Gasteiger partial charge in [-0.1, -0.05) is 12.1 Å². The van der Waals surface area contributed by atoms with Crippen molar-refractivity contribution in [3.8, 4) is 11.5 Å². The molecule has 28 heavy (non-hydrogen) atoms. The third-order valence-electron chi connectivity index (χ3n) is 3.61. The van der Waals surface area contributed by atoms with Crippen LogP contribution in [0.3, 0.4) is 0 Å². The highest BCUT2D eigenvalue weighted by molar-refractivity contribution is 9.10. The maximum atomic E-state index is 12.2. The maximum absolute atomic E-state index is 12.2. The Hall–Kier alpha value is -2.45. The van der Waals surface area contributed by atoms with E-state index in [1.807, 2.05) is 25.1 Å². The van der Waals surface area contributed by atoms with E-state index in [1.165, 1.54) is 6.92 Å². The molecule has 1 aliphatic rings. The van der Waals surface area contributed by atoms with Crippen LogP contribution < -0.4 is 9.47 Å². The number of carbonyl (C=O) groups is 2. The van der Waals surface area contributed by atoms with E-state index in [4.69, 9.17) is 14.2 Å². The molecular weight excluding hydrogens is 494 g/mol. The first-order valence-electron chi connectivity index (χ1n) is 8.31. The number of esters is 2. The van der Waals surface area contributed by atoms with Crippen molar-refractivity contribution in [1.82, 2.24) is 0 Å².